The van der Waals surface area contributed by atoms with Gasteiger partial charge in [-0.15, -0.1) is 0 Å². The summed E-state index contributed by atoms with van der Waals surface area (Å²) in [5.41, 5.74) is 8.94. The number of fused-ring (bicyclic) bond motifs is 1. The molecule has 0 fully saturated rings. The Labute approximate surface area is 160 Å². The number of aliphatic hydroxyl groups excluding tert-OH is 1. The van der Waals surface area contributed by atoms with E-state index in [1.54, 1.807) is 12.1 Å². The molecule has 6 nitrogen and oxygen atoms in total. The molecule has 0 saturated carbocycles. The van der Waals surface area contributed by atoms with Crippen molar-refractivity contribution in [2.24, 2.45) is 0 Å². The van der Waals surface area contributed by atoms with Gasteiger partial charge in [-0.2, -0.15) is 0 Å². The Bertz CT molecular complexity index is 939. The molecule has 27 heavy (non-hydrogen) atoms. The summed E-state index contributed by atoms with van der Waals surface area (Å²) in [6.45, 7) is 5.43. The molecule has 0 aliphatic heterocycles. The Morgan fingerprint density at radius 2 is 2.11 bits per heavy atom. The third-order valence-corrected chi connectivity index (χ3v) is 5.25. The summed E-state index contributed by atoms with van der Waals surface area (Å²) < 4.78 is 13.2. The monoisotopic (exact) mass is 384 g/mol. The normalized spacial score (nSPS) is 13.3. The van der Waals surface area contributed by atoms with Crippen molar-refractivity contribution in [1.29, 1.82) is 0 Å². The third-order valence-electron chi connectivity index (χ3n) is 4.76. The van der Waals surface area contributed by atoms with E-state index in [1.165, 1.54) is 0 Å². The van der Waals surface area contributed by atoms with Gasteiger partial charge in [0.25, 0.3) is 0 Å². The largest absolute Gasteiger partial charge is 0.399 e. The Hall–Kier alpha value is -2.27. The number of hydrogen-bond donors (Lipinski definition) is 3. The van der Waals surface area contributed by atoms with Gasteiger partial charge in [-0.3, -0.25) is 4.57 Å². The van der Waals surface area contributed by atoms with Crippen LogP contribution in [0.2, 0.25) is 0 Å². The van der Waals surface area contributed by atoms with Gasteiger partial charge in [-0.05, 0) is 56.2 Å². The van der Waals surface area contributed by atoms with Gasteiger partial charge in [0.15, 0.2) is 8.46 Å². The summed E-state index contributed by atoms with van der Waals surface area (Å²) in [6, 6.07) is 12.9. The van der Waals surface area contributed by atoms with Crippen LogP contribution < -0.4 is 16.4 Å². The van der Waals surface area contributed by atoms with Gasteiger partial charge in [0.2, 0.25) is 0 Å². The molecule has 2 aromatic carbocycles. The number of nitrogens with zero attached hydrogens (tertiary/aromatic N) is 2. The van der Waals surface area contributed by atoms with Crippen molar-refractivity contribution in [3.63, 3.8) is 0 Å². The van der Waals surface area contributed by atoms with Crippen molar-refractivity contribution < 1.29 is 9.67 Å². The van der Waals surface area contributed by atoms with E-state index in [0.29, 0.717) is 12.2 Å². The summed E-state index contributed by atoms with van der Waals surface area (Å²) in [5, 5.41) is 14.6. The quantitative estimate of drug-likeness (QED) is 0.410. The number of aliphatic hydroxyl groups is 1. The zero-order valence-corrected chi connectivity index (χ0v) is 16.5. The molecule has 3 rings (SSSR count). The van der Waals surface area contributed by atoms with Gasteiger partial charge in [-0.1, -0.05) is 12.1 Å². The number of nitrogen functional groups attached to an aromatic ring is 1. The van der Waals surface area contributed by atoms with Gasteiger partial charge in [-0.25, -0.2) is 4.98 Å². The molecule has 1 atom stereocenters. The van der Waals surface area contributed by atoms with Crippen LogP contribution in [0.4, 0.5) is 5.69 Å². The Morgan fingerprint density at radius 3 is 2.85 bits per heavy atom. The van der Waals surface area contributed by atoms with E-state index in [-0.39, 0.29) is 14.0 Å². The fraction of sp³-hybridized carbons (Fsp3) is 0.350. The highest BCUT2D eigenvalue weighted by atomic mass is 31.1. The lowest BCUT2D eigenvalue weighted by atomic mass is 9.99. The highest BCUT2D eigenvalue weighted by Gasteiger charge is 2.20. The smallest absolute Gasteiger partial charge is 0.192 e. The topological polar surface area (TPSA) is 93.2 Å². The van der Waals surface area contributed by atoms with E-state index in [1.807, 2.05) is 36.7 Å². The molecule has 0 amide bonds. The second-order valence-corrected chi connectivity index (χ2v) is 8.10. The molecule has 0 aliphatic carbocycles. The predicted molar refractivity (Wildman–Crippen MR) is 109 cm³/mol. The van der Waals surface area contributed by atoms with Crippen LogP contribution in [0.3, 0.4) is 0 Å². The van der Waals surface area contributed by atoms with Crippen LogP contribution in [0.1, 0.15) is 31.9 Å². The van der Waals surface area contributed by atoms with Gasteiger partial charge < -0.3 is 20.7 Å². The predicted octanol–water partition coefficient (Wildman–Crippen LogP) is 3.03. The number of β-amino-alcohol motifs (C(OH)–C–C–N with tert-alkyl or cyclic N) is 1. The Morgan fingerprint density at radius 1 is 1.30 bits per heavy atom. The summed E-state index contributed by atoms with van der Waals surface area (Å²) in [5.74, 6) is 0. The fourth-order valence-corrected chi connectivity index (χ4v) is 3.34. The van der Waals surface area contributed by atoms with Crippen LogP contribution in [0.15, 0.2) is 48.8 Å². The number of anilines is 1. The van der Waals surface area contributed by atoms with E-state index < -0.39 is 6.10 Å². The fourth-order valence-electron chi connectivity index (χ4n) is 3.03. The number of hydrogen-bond acceptors (Lipinski definition) is 5. The summed E-state index contributed by atoms with van der Waals surface area (Å²) in [7, 11) is 0.0124. The molecule has 0 radical (unpaired) electrons. The van der Waals surface area contributed by atoms with E-state index in [9.17, 15) is 9.67 Å². The molecule has 0 spiro atoms. The van der Waals surface area contributed by atoms with Gasteiger partial charge >= 0.3 is 0 Å². The van der Waals surface area contributed by atoms with Gasteiger partial charge in [0, 0.05) is 29.6 Å². The van der Waals surface area contributed by atoms with Crippen molar-refractivity contribution in [2.45, 2.75) is 38.5 Å². The Kier molecular flexibility index (Phi) is 5.90. The SMILES string of the molecule is CC(C)(CCn1cnc2ccc(P=O)cc21)NCC(O)c1cccc(N)c1. The maximum atomic E-state index is 11.1. The van der Waals surface area contributed by atoms with E-state index in [4.69, 9.17) is 5.73 Å². The minimum Gasteiger partial charge on any atom is -0.399 e. The number of nitrogens with one attached hydrogen (secondary N) is 1. The lowest BCUT2D eigenvalue weighted by Crippen LogP contribution is -2.42. The summed E-state index contributed by atoms with van der Waals surface area (Å²) in [4.78, 5) is 4.40. The average molecular weight is 384 g/mol. The standard InChI is InChI=1S/C20H25N4O2P/c1-20(2,23-12-19(25)14-4-3-5-15(21)10-14)8-9-24-13-22-17-7-6-16(27-26)11-18(17)24/h3-7,10-11,13,19,23,25H,8-9,12,21H2,1-2H3. The van der Waals surface area contributed by atoms with Gasteiger partial charge in [0.1, 0.15) is 0 Å². The van der Waals surface area contributed by atoms with Crippen LogP contribution in [0, 0.1) is 0 Å². The molecular weight excluding hydrogens is 359 g/mol. The van der Waals surface area contributed by atoms with Crippen LogP contribution in [-0.2, 0) is 11.1 Å². The van der Waals surface area contributed by atoms with Gasteiger partial charge in [0.05, 0.1) is 23.5 Å². The molecule has 4 N–H and O–H groups in total. The third kappa shape index (κ3) is 4.92. The first-order chi connectivity index (χ1) is 12.9. The first-order valence-electron chi connectivity index (χ1n) is 8.95. The van der Waals surface area contributed by atoms with Crippen LogP contribution in [0.5, 0.6) is 0 Å². The van der Waals surface area contributed by atoms with E-state index in [0.717, 1.165) is 34.9 Å². The van der Waals surface area contributed by atoms with E-state index in [2.05, 4.69) is 28.7 Å². The van der Waals surface area contributed by atoms with Crippen molar-refractivity contribution >= 4 is 30.5 Å². The number of nitrogens with two attached hydrogens (primary N) is 1. The zero-order chi connectivity index (χ0) is 19.4. The maximum Gasteiger partial charge on any atom is 0.192 e. The molecule has 1 aromatic heterocycles. The number of benzene rings is 2. The molecule has 3 aromatic rings. The first-order valence-corrected chi connectivity index (χ1v) is 9.76. The van der Waals surface area contributed by atoms with Crippen LogP contribution >= 0.6 is 8.46 Å². The number of aromatic nitrogens is 2. The second kappa shape index (κ2) is 8.17. The highest BCUT2D eigenvalue weighted by Crippen LogP contribution is 2.19. The molecular formula is C20H25N4O2P. The molecule has 0 saturated heterocycles. The van der Waals surface area contributed by atoms with Crippen molar-refractivity contribution in [3.05, 3.63) is 54.4 Å². The number of aryl methyl sites for hydroxylation is 1. The molecule has 7 heteroatoms. The highest BCUT2D eigenvalue weighted by molar-refractivity contribution is 7.34. The lowest BCUT2D eigenvalue weighted by Gasteiger charge is -2.28. The second-order valence-electron chi connectivity index (χ2n) is 7.40. The number of rotatable bonds is 8. The van der Waals surface area contributed by atoms with Crippen molar-refractivity contribution in [3.8, 4) is 0 Å². The van der Waals surface area contributed by atoms with Crippen LogP contribution in [0.25, 0.3) is 11.0 Å². The van der Waals surface area contributed by atoms with Crippen molar-refractivity contribution in [1.82, 2.24) is 14.9 Å². The van der Waals surface area contributed by atoms with E-state index >= 15 is 0 Å². The van der Waals surface area contributed by atoms with Crippen LogP contribution in [-0.4, -0.2) is 26.7 Å². The minimum absolute atomic E-state index is 0.0124. The molecule has 0 bridgehead atoms. The van der Waals surface area contributed by atoms with Crippen molar-refractivity contribution in [2.75, 3.05) is 12.3 Å². The molecule has 1 unspecified atom stereocenters. The summed E-state index contributed by atoms with van der Waals surface area (Å²) in [6.07, 6.45) is 2.05. The lowest BCUT2D eigenvalue weighted by molar-refractivity contribution is 0.158. The molecule has 1 heterocycles. The molecule has 142 valence electrons. The summed E-state index contributed by atoms with van der Waals surface area (Å²) >= 11 is 0. The minimum atomic E-state index is -0.611. The Balaban J connectivity index is 1.60. The molecule has 0 aliphatic rings. The first kappa shape index (κ1) is 19.5. The average Bonchev–Trinajstić information content (AvgIpc) is 3.07. The maximum absolute atomic E-state index is 11.1. The number of imidazole rings is 1. The zero-order valence-electron chi connectivity index (χ0n) is 15.6.